The predicted molar refractivity (Wildman–Crippen MR) is 175 cm³/mol. The second kappa shape index (κ2) is 15.3. The van der Waals surface area contributed by atoms with Crippen molar-refractivity contribution in [3.63, 3.8) is 0 Å². The van der Waals surface area contributed by atoms with E-state index in [-0.39, 0.29) is 11.4 Å². The Hall–Kier alpha value is -2.81. The molecular weight excluding hydrogens is 537 g/mol. The van der Waals surface area contributed by atoms with E-state index in [9.17, 15) is 8.78 Å². The zero-order chi connectivity index (χ0) is 30.2. The summed E-state index contributed by atoms with van der Waals surface area (Å²) < 4.78 is 45.0. The summed E-state index contributed by atoms with van der Waals surface area (Å²) >= 11 is 0. The number of benzene rings is 3. The molecule has 0 radical (unpaired) electrons. The van der Waals surface area contributed by atoms with Gasteiger partial charge in [-0.05, 0) is 115 Å². The molecule has 2 fully saturated rings. The molecule has 0 aliphatic heterocycles. The van der Waals surface area contributed by atoms with Gasteiger partial charge in [0.05, 0.1) is 0 Å². The minimum absolute atomic E-state index is 0.127. The zero-order valence-electron chi connectivity index (χ0n) is 26.0. The Bertz CT molecular complexity index is 1320. The molecule has 3 aromatic carbocycles. The highest BCUT2D eigenvalue weighted by Crippen LogP contribution is 2.45. The van der Waals surface area contributed by atoms with Crippen LogP contribution in [0, 0.1) is 35.2 Å². The highest BCUT2D eigenvalue weighted by atomic mass is 19.2. The fourth-order valence-corrected chi connectivity index (χ4v) is 7.86. The lowest BCUT2D eigenvalue weighted by Crippen LogP contribution is -2.25. The van der Waals surface area contributed by atoms with Crippen LogP contribution < -0.4 is 0 Å². The van der Waals surface area contributed by atoms with Crippen molar-refractivity contribution in [3.05, 3.63) is 95.8 Å². The second-order valence-corrected chi connectivity index (χ2v) is 13.3. The van der Waals surface area contributed by atoms with Crippen LogP contribution in [0.3, 0.4) is 0 Å². The van der Waals surface area contributed by atoms with Crippen LogP contribution in [0.25, 0.3) is 22.3 Å². The average Bonchev–Trinajstić information content (AvgIpc) is 3.04. The first-order chi connectivity index (χ1) is 21.0. The topological polar surface area (TPSA) is 0 Å². The van der Waals surface area contributed by atoms with Crippen LogP contribution in [0.1, 0.15) is 114 Å². The molecule has 0 saturated heterocycles. The molecule has 2 aliphatic rings. The predicted octanol–water partition coefficient (Wildman–Crippen LogP) is 12.6. The van der Waals surface area contributed by atoms with Gasteiger partial charge in [-0.3, -0.25) is 0 Å². The van der Waals surface area contributed by atoms with Crippen molar-refractivity contribution in [1.82, 2.24) is 0 Å². The molecule has 0 bridgehead atoms. The lowest BCUT2D eigenvalue weighted by molar-refractivity contribution is 0.155. The van der Waals surface area contributed by atoms with Crippen LogP contribution in [-0.4, -0.2) is 0 Å². The molecule has 5 rings (SSSR count). The minimum Gasteiger partial charge on any atom is -0.207 e. The van der Waals surface area contributed by atoms with Gasteiger partial charge in [0.2, 0.25) is 0 Å². The molecule has 43 heavy (non-hydrogen) atoms. The third-order valence-electron chi connectivity index (χ3n) is 10.5. The summed E-state index contributed by atoms with van der Waals surface area (Å²) in [6.45, 7) is 5.97. The molecular formula is C40H49F3. The molecule has 0 aromatic heterocycles. The van der Waals surface area contributed by atoms with Crippen LogP contribution in [0.15, 0.2) is 67.3 Å². The standard InChI is InChI=1S/C40H49F3/c1-3-5-7-9-28-11-13-29(14-12-28)30-15-19-32(20-16-30)36-25-24-35(27-38(36)41)31-17-21-33(22-18-31)37-26-23-34(10-8-6-4-2)39(42)40(37)43/h4,17-18,21-30,32H,2-3,5-16,19-20H2,1H3. The van der Waals surface area contributed by atoms with E-state index in [0.29, 0.717) is 23.5 Å². The van der Waals surface area contributed by atoms with E-state index < -0.39 is 11.6 Å². The Morgan fingerprint density at radius 1 is 0.698 bits per heavy atom. The molecule has 0 N–H and O–H groups in total. The van der Waals surface area contributed by atoms with Gasteiger partial charge >= 0.3 is 0 Å². The third kappa shape index (κ3) is 7.83. The van der Waals surface area contributed by atoms with Crippen molar-refractivity contribution >= 4 is 0 Å². The fourth-order valence-electron chi connectivity index (χ4n) is 7.86. The van der Waals surface area contributed by atoms with Crippen molar-refractivity contribution in [3.8, 4) is 22.3 Å². The van der Waals surface area contributed by atoms with E-state index in [2.05, 4.69) is 13.5 Å². The molecule has 0 atom stereocenters. The van der Waals surface area contributed by atoms with Gasteiger partial charge in [-0.25, -0.2) is 13.2 Å². The Kier molecular flexibility index (Phi) is 11.2. The summed E-state index contributed by atoms with van der Waals surface area (Å²) in [5, 5.41) is 0. The Morgan fingerprint density at radius 2 is 1.35 bits per heavy atom. The first kappa shape index (κ1) is 31.6. The van der Waals surface area contributed by atoms with Crippen molar-refractivity contribution in [2.75, 3.05) is 0 Å². The first-order valence-corrected chi connectivity index (χ1v) is 17.0. The quantitative estimate of drug-likeness (QED) is 0.146. The van der Waals surface area contributed by atoms with Crippen LogP contribution in [0.4, 0.5) is 13.2 Å². The van der Waals surface area contributed by atoms with Gasteiger partial charge in [-0.1, -0.05) is 100 Å². The number of rotatable bonds is 12. The molecule has 0 spiro atoms. The number of aryl methyl sites for hydroxylation is 1. The van der Waals surface area contributed by atoms with Gasteiger partial charge in [-0.2, -0.15) is 0 Å². The van der Waals surface area contributed by atoms with E-state index in [1.807, 2.05) is 24.3 Å². The lowest BCUT2D eigenvalue weighted by Gasteiger charge is -2.38. The summed E-state index contributed by atoms with van der Waals surface area (Å²) in [7, 11) is 0. The van der Waals surface area contributed by atoms with E-state index in [1.54, 1.807) is 36.4 Å². The molecule has 0 heterocycles. The summed E-state index contributed by atoms with van der Waals surface area (Å²) in [5.41, 5.74) is 3.77. The van der Waals surface area contributed by atoms with E-state index in [1.165, 1.54) is 64.2 Å². The largest absolute Gasteiger partial charge is 0.207 e. The van der Waals surface area contributed by atoms with Crippen LogP contribution in [-0.2, 0) is 6.42 Å². The number of halogens is 3. The maximum atomic E-state index is 15.4. The summed E-state index contributed by atoms with van der Waals surface area (Å²) in [6, 6.07) is 16.3. The second-order valence-electron chi connectivity index (χ2n) is 13.3. The average molecular weight is 587 g/mol. The van der Waals surface area contributed by atoms with Crippen LogP contribution >= 0.6 is 0 Å². The molecule has 3 aromatic rings. The number of hydrogen-bond acceptors (Lipinski definition) is 0. The van der Waals surface area contributed by atoms with Crippen molar-refractivity contribution < 1.29 is 13.2 Å². The van der Waals surface area contributed by atoms with Crippen molar-refractivity contribution in [1.29, 1.82) is 0 Å². The van der Waals surface area contributed by atoms with E-state index >= 15 is 4.39 Å². The highest BCUT2D eigenvalue weighted by molar-refractivity contribution is 5.71. The Balaban J connectivity index is 1.17. The fraction of sp³-hybridized carbons (Fsp3) is 0.500. The smallest absolute Gasteiger partial charge is 0.166 e. The van der Waals surface area contributed by atoms with E-state index in [4.69, 9.17) is 0 Å². The molecule has 0 unspecified atom stereocenters. The Labute approximate surface area is 257 Å². The molecule has 3 heteroatoms. The summed E-state index contributed by atoms with van der Waals surface area (Å²) in [4.78, 5) is 0. The number of allylic oxidation sites excluding steroid dienone is 1. The first-order valence-electron chi connectivity index (χ1n) is 17.0. The van der Waals surface area contributed by atoms with Crippen LogP contribution in [0.5, 0.6) is 0 Å². The maximum Gasteiger partial charge on any atom is 0.166 e. The highest BCUT2D eigenvalue weighted by Gasteiger charge is 2.32. The van der Waals surface area contributed by atoms with Crippen molar-refractivity contribution in [2.45, 2.75) is 109 Å². The minimum atomic E-state index is -0.816. The summed E-state index contributed by atoms with van der Waals surface area (Å²) in [6.07, 6.45) is 19.6. The van der Waals surface area contributed by atoms with Gasteiger partial charge in [0, 0.05) is 5.56 Å². The monoisotopic (exact) mass is 586 g/mol. The van der Waals surface area contributed by atoms with Gasteiger partial charge in [0.15, 0.2) is 11.6 Å². The summed E-state index contributed by atoms with van der Waals surface area (Å²) in [5.74, 6) is 1.24. The van der Waals surface area contributed by atoms with Crippen molar-refractivity contribution in [2.24, 2.45) is 17.8 Å². The van der Waals surface area contributed by atoms with E-state index in [0.717, 1.165) is 60.1 Å². The van der Waals surface area contributed by atoms with Gasteiger partial charge < -0.3 is 0 Å². The van der Waals surface area contributed by atoms with Gasteiger partial charge in [-0.15, -0.1) is 6.58 Å². The van der Waals surface area contributed by atoms with Gasteiger partial charge in [0.1, 0.15) is 5.82 Å². The SMILES string of the molecule is C=CCCCc1ccc(-c2ccc(-c3ccc(C4CCC(C5CCC(CCCCC)CC5)CC4)c(F)c3)cc2)c(F)c1F. The molecule has 0 amide bonds. The molecule has 0 nitrogen and oxygen atoms in total. The third-order valence-corrected chi connectivity index (χ3v) is 10.5. The normalized spacial score (nSPS) is 22.4. The molecule has 2 aliphatic carbocycles. The lowest BCUT2D eigenvalue weighted by atomic mass is 9.68. The zero-order valence-corrected chi connectivity index (χ0v) is 26.0. The number of unbranched alkanes of at least 4 members (excludes halogenated alkanes) is 3. The molecule has 2 saturated carbocycles. The Morgan fingerprint density at radius 3 is 2.00 bits per heavy atom. The maximum absolute atomic E-state index is 15.4. The number of hydrogen-bond donors (Lipinski definition) is 0. The van der Waals surface area contributed by atoms with Gasteiger partial charge in [0.25, 0.3) is 0 Å². The van der Waals surface area contributed by atoms with Crippen LogP contribution in [0.2, 0.25) is 0 Å². The molecule has 230 valence electrons.